The fourth-order valence-corrected chi connectivity index (χ4v) is 2.61. The van der Waals surface area contributed by atoms with Crippen LogP contribution < -0.4 is 5.32 Å². The largest absolute Gasteiger partial charge is 0.444 e. The van der Waals surface area contributed by atoms with E-state index in [1.54, 1.807) is 0 Å². The van der Waals surface area contributed by atoms with Gasteiger partial charge in [-0.05, 0) is 53.0 Å². The van der Waals surface area contributed by atoms with E-state index in [9.17, 15) is 4.79 Å². The molecule has 1 aromatic heterocycles. The summed E-state index contributed by atoms with van der Waals surface area (Å²) in [6.07, 6.45) is 3.73. The van der Waals surface area contributed by atoms with E-state index in [-0.39, 0.29) is 6.09 Å². The molecule has 2 N–H and O–H groups in total. The van der Waals surface area contributed by atoms with Crippen molar-refractivity contribution in [2.24, 2.45) is 5.92 Å². The number of amides is 1. The number of aryl methyl sites for hydroxylation is 1. The molecule has 124 valence electrons. The Labute approximate surface area is 132 Å². The SMILES string of the molecule is Cc1[nH]ncc1CNCC1CCN(C(=O)OC(C)(C)C)CC1. The van der Waals surface area contributed by atoms with Gasteiger partial charge in [0.2, 0.25) is 0 Å². The third kappa shape index (κ3) is 5.02. The first-order valence-electron chi connectivity index (χ1n) is 8.02. The number of likely N-dealkylation sites (tertiary alicyclic amines) is 1. The predicted molar refractivity (Wildman–Crippen MR) is 85.6 cm³/mol. The Morgan fingerprint density at radius 3 is 2.68 bits per heavy atom. The van der Waals surface area contributed by atoms with Crippen molar-refractivity contribution in [1.29, 1.82) is 0 Å². The Morgan fingerprint density at radius 1 is 1.45 bits per heavy atom. The molecule has 0 bridgehead atoms. The lowest BCUT2D eigenvalue weighted by molar-refractivity contribution is 0.0184. The van der Waals surface area contributed by atoms with Gasteiger partial charge in [-0.2, -0.15) is 5.10 Å². The van der Waals surface area contributed by atoms with Crippen LogP contribution in [0.4, 0.5) is 4.79 Å². The Morgan fingerprint density at radius 2 is 2.14 bits per heavy atom. The quantitative estimate of drug-likeness (QED) is 0.896. The van der Waals surface area contributed by atoms with Gasteiger partial charge in [0.1, 0.15) is 5.60 Å². The van der Waals surface area contributed by atoms with Gasteiger partial charge in [0.15, 0.2) is 0 Å². The van der Waals surface area contributed by atoms with Crippen molar-refractivity contribution in [3.05, 3.63) is 17.5 Å². The number of nitrogens with one attached hydrogen (secondary N) is 2. The average molecular weight is 308 g/mol. The van der Waals surface area contributed by atoms with Crippen molar-refractivity contribution in [2.45, 2.75) is 52.7 Å². The lowest BCUT2D eigenvalue weighted by Crippen LogP contribution is -2.43. The number of rotatable bonds is 4. The van der Waals surface area contributed by atoms with Crippen LogP contribution in [0, 0.1) is 12.8 Å². The summed E-state index contributed by atoms with van der Waals surface area (Å²) >= 11 is 0. The normalized spacial score (nSPS) is 16.8. The topological polar surface area (TPSA) is 70.2 Å². The van der Waals surface area contributed by atoms with E-state index in [1.165, 1.54) is 5.56 Å². The Hall–Kier alpha value is -1.56. The number of hydrogen-bond acceptors (Lipinski definition) is 4. The van der Waals surface area contributed by atoms with Crippen LogP contribution in [0.15, 0.2) is 6.20 Å². The molecule has 6 heteroatoms. The molecule has 2 rings (SSSR count). The smallest absolute Gasteiger partial charge is 0.410 e. The summed E-state index contributed by atoms with van der Waals surface area (Å²) in [6.45, 7) is 11.1. The molecule has 22 heavy (non-hydrogen) atoms. The van der Waals surface area contributed by atoms with Gasteiger partial charge in [0.05, 0.1) is 6.20 Å². The zero-order valence-electron chi connectivity index (χ0n) is 14.1. The van der Waals surface area contributed by atoms with Crippen LogP contribution in [-0.4, -0.2) is 46.4 Å². The van der Waals surface area contributed by atoms with Gasteiger partial charge in [-0.15, -0.1) is 0 Å². The summed E-state index contributed by atoms with van der Waals surface area (Å²) in [4.78, 5) is 13.8. The van der Waals surface area contributed by atoms with Crippen molar-refractivity contribution in [1.82, 2.24) is 20.4 Å². The van der Waals surface area contributed by atoms with E-state index in [2.05, 4.69) is 15.5 Å². The second-order valence-electron chi connectivity index (χ2n) is 7.06. The summed E-state index contributed by atoms with van der Waals surface area (Å²) in [5, 5.41) is 10.5. The zero-order chi connectivity index (χ0) is 16.2. The molecular weight excluding hydrogens is 280 g/mol. The maximum atomic E-state index is 12.0. The molecule has 1 aliphatic heterocycles. The standard InChI is InChI=1S/C16H28N4O2/c1-12-14(11-18-19-12)10-17-9-13-5-7-20(8-6-13)15(21)22-16(2,3)4/h11,13,17H,5-10H2,1-4H3,(H,18,19). The van der Waals surface area contributed by atoms with Gasteiger partial charge in [0.25, 0.3) is 0 Å². The summed E-state index contributed by atoms with van der Waals surface area (Å²) < 4.78 is 5.42. The number of nitrogens with zero attached hydrogens (tertiary/aromatic N) is 2. The molecule has 0 spiro atoms. The van der Waals surface area contributed by atoms with Crippen molar-refractivity contribution in [3.63, 3.8) is 0 Å². The Balaban J connectivity index is 1.67. The number of carbonyl (C=O) groups is 1. The van der Waals surface area contributed by atoms with E-state index in [0.29, 0.717) is 5.92 Å². The van der Waals surface area contributed by atoms with Crippen molar-refractivity contribution >= 4 is 6.09 Å². The number of aromatic nitrogens is 2. The maximum absolute atomic E-state index is 12.0. The van der Waals surface area contributed by atoms with Crippen molar-refractivity contribution < 1.29 is 9.53 Å². The van der Waals surface area contributed by atoms with Gasteiger partial charge in [-0.3, -0.25) is 5.10 Å². The highest BCUT2D eigenvalue weighted by Crippen LogP contribution is 2.19. The Bertz CT molecular complexity index is 485. The number of hydrogen-bond donors (Lipinski definition) is 2. The molecule has 1 aromatic rings. The van der Waals surface area contributed by atoms with Crippen molar-refractivity contribution in [2.75, 3.05) is 19.6 Å². The molecule has 0 radical (unpaired) electrons. The van der Waals surface area contributed by atoms with Crippen LogP contribution in [0.5, 0.6) is 0 Å². The molecule has 0 aliphatic carbocycles. The molecule has 0 aromatic carbocycles. The van der Waals surface area contributed by atoms with E-state index in [0.717, 1.165) is 44.7 Å². The average Bonchev–Trinajstić information content (AvgIpc) is 2.83. The molecular formula is C16H28N4O2. The van der Waals surface area contributed by atoms with Gasteiger partial charge in [-0.25, -0.2) is 4.79 Å². The fourth-order valence-electron chi connectivity index (χ4n) is 2.61. The molecule has 1 fully saturated rings. The molecule has 6 nitrogen and oxygen atoms in total. The highest BCUT2D eigenvalue weighted by atomic mass is 16.6. The van der Waals surface area contributed by atoms with Crippen LogP contribution >= 0.6 is 0 Å². The number of ether oxygens (including phenoxy) is 1. The first-order valence-corrected chi connectivity index (χ1v) is 8.02. The van der Waals surface area contributed by atoms with E-state index >= 15 is 0 Å². The molecule has 1 aliphatic rings. The molecule has 0 unspecified atom stereocenters. The fraction of sp³-hybridized carbons (Fsp3) is 0.750. The number of piperidine rings is 1. The summed E-state index contributed by atoms with van der Waals surface area (Å²) in [7, 11) is 0. The zero-order valence-corrected chi connectivity index (χ0v) is 14.1. The van der Waals surface area contributed by atoms with Crippen LogP contribution in [0.1, 0.15) is 44.9 Å². The van der Waals surface area contributed by atoms with Crippen LogP contribution in [0.25, 0.3) is 0 Å². The van der Waals surface area contributed by atoms with Gasteiger partial charge < -0.3 is 15.0 Å². The first kappa shape index (κ1) is 16.8. The monoisotopic (exact) mass is 308 g/mol. The van der Waals surface area contributed by atoms with Gasteiger partial charge in [0, 0.05) is 30.9 Å². The van der Waals surface area contributed by atoms with Crippen molar-refractivity contribution in [3.8, 4) is 0 Å². The van der Waals surface area contributed by atoms with Crippen LogP contribution in [-0.2, 0) is 11.3 Å². The second-order valence-corrected chi connectivity index (χ2v) is 7.06. The lowest BCUT2D eigenvalue weighted by Gasteiger charge is -2.33. The van der Waals surface area contributed by atoms with Gasteiger partial charge >= 0.3 is 6.09 Å². The lowest BCUT2D eigenvalue weighted by atomic mass is 9.97. The van der Waals surface area contributed by atoms with Gasteiger partial charge in [-0.1, -0.05) is 0 Å². The molecule has 2 heterocycles. The highest BCUT2D eigenvalue weighted by molar-refractivity contribution is 5.68. The predicted octanol–water partition coefficient (Wildman–Crippen LogP) is 2.45. The van der Waals surface area contributed by atoms with E-state index < -0.39 is 5.60 Å². The van der Waals surface area contributed by atoms with E-state index in [1.807, 2.05) is 38.8 Å². The molecule has 1 amide bonds. The maximum Gasteiger partial charge on any atom is 0.410 e. The second kappa shape index (κ2) is 7.13. The third-order valence-electron chi connectivity index (χ3n) is 3.95. The Kier molecular flexibility index (Phi) is 5.45. The first-order chi connectivity index (χ1) is 10.3. The third-order valence-corrected chi connectivity index (χ3v) is 3.95. The number of H-pyrrole nitrogens is 1. The minimum atomic E-state index is -0.419. The molecule has 0 saturated carbocycles. The van der Waals surface area contributed by atoms with Crippen LogP contribution in [0.3, 0.4) is 0 Å². The number of carbonyl (C=O) groups excluding carboxylic acids is 1. The molecule has 1 saturated heterocycles. The highest BCUT2D eigenvalue weighted by Gasteiger charge is 2.26. The number of aromatic amines is 1. The summed E-state index contributed by atoms with van der Waals surface area (Å²) in [6, 6.07) is 0. The van der Waals surface area contributed by atoms with E-state index in [4.69, 9.17) is 4.74 Å². The summed E-state index contributed by atoms with van der Waals surface area (Å²) in [5.74, 6) is 0.617. The minimum absolute atomic E-state index is 0.187. The minimum Gasteiger partial charge on any atom is -0.444 e. The molecule has 0 atom stereocenters. The van der Waals surface area contributed by atoms with Crippen LogP contribution in [0.2, 0.25) is 0 Å². The summed E-state index contributed by atoms with van der Waals surface area (Å²) in [5.41, 5.74) is 1.91.